The first-order chi connectivity index (χ1) is 14.3. The van der Waals surface area contributed by atoms with E-state index in [1.165, 1.54) is 26.9 Å². The van der Waals surface area contributed by atoms with Gasteiger partial charge in [0, 0.05) is 54.2 Å². The predicted octanol–water partition coefficient (Wildman–Crippen LogP) is 6.34. The van der Waals surface area contributed by atoms with Gasteiger partial charge in [-0.3, -0.25) is 4.90 Å². The third kappa shape index (κ3) is 4.98. The van der Waals surface area contributed by atoms with E-state index in [1.807, 2.05) is 11.8 Å². The van der Waals surface area contributed by atoms with Crippen molar-refractivity contribution >= 4 is 53.6 Å². The first-order valence-electron chi connectivity index (χ1n) is 10.5. The monoisotopic (exact) mass is 473 g/mol. The van der Waals surface area contributed by atoms with Crippen LogP contribution in [0.4, 0.5) is 17.1 Å². The number of hydrogen-bond acceptors (Lipinski definition) is 4. The van der Waals surface area contributed by atoms with Crippen LogP contribution in [0.1, 0.15) is 6.92 Å². The summed E-state index contributed by atoms with van der Waals surface area (Å²) in [7, 11) is 0. The van der Waals surface area contributed by atoms with Crippen molar-refractivity contribution in [2.24, 2.45) is 0 Å². The molecule has 0 amide bonds. The fraction of sp³-hybridized carbons (Fsp3) is 0.280. The van der Waals surface area contributed by atoms with Crippen LogP contribution in [0.15, 0.2) is 88.7 Å². The average Bonchev–Trinajstić information content (AvgIpc) is 2.79. The Balaban J connectivity index is 0.00000136. The topological polar surface area (TPSA) is 9.72 Å². The van der Waals surface area contributed by atoms with Crippen molar-refractivity contribution in [1.29, 1.82) is 0 Å². The van der Waals surface area contributed by atoms with Gasteiger partial charge in [0.15, 0.2) is 0 Å². The Hall–Kier alpha value is -1.85. The Labute approximate surface area is 202 Å². The zero-order valence-corrected chi connectivity index (χ0v) is 20.1. The van der Waals surface area contributed by atoms with Crippen LogP contribution in [0.3, 0.4) is 0 Å². The predicted molar refractivity (Wildman–Crippen MR) is 138 cm³/mol. The highest BCUT2D eigenvalue weighted by Crippen LogP contribution is 2.47. The molecule has 164 valence electrons. The van der Waals surface area contributed by atoms with Gasteiger partial charge in [-0.05, 0) is 43.3 Å². The Kier molecular flexibility index (Phi) is 8.17. The standard InChI is InChI=1S/C25H27N3S.2ClH/c1-20(26-15-17-27(18-16-26)21-9-3-2-4-10-21)19-28-22-11-5-7-13-24(22)29-25-14-8-6-12-23(25)28;;/h2-14,20H,15-19H2,1H3;2*1H. The lowest BCUT2D eigenvalue weighted by Gasteiger charge is -2.42. The van der Waals surface area contributed by atoms with E-state index >= 15 is 0 Å². The van der Waals surface area contributed by atoms with Gasteiger partial charge in [-0.25, -0.2) is 0 Å². The van der Waals surface area contributed by atoms with Crippen molar-refractivity contribution in [1.82, 2.24) is 4.90 Å². The van der Waals surface area contributed by atoms with E-state index < -0.39 is 0 Å². The number of nitrogens with zero attached hydrogens (tertiary/aromatic N) is 3. The zero-order chi connectivity index (χ0) is 19.6. The van der Waals surface area contributed by atoms with Crippen LogP contribution < -0.4 is 9.80 Å². The van der Waals surface area contributed by atoms with Gasteiger partial charge < -0.3 is 9.80 Å². The van der Waals surface area contributed by atoms with Gasteiger partial charge in [-0.2, -0.15) is 0 Å². The molecule has 3 nitrogen and oxygen atoms in total. The van der Waals surface area contributed by atoms with Gasteiger partial charge in [-0.1, -0.05) is 54.2 Å². The number of hydrogen-bond donors (Lipinski definition) is 0. The van der Waals surface area contributed by atoms with Gasteiger partial charge in [0.05, 0.1) is 11.4 Å². The average molecular weight is 475 g/mol. The van der Waals surface area contributed by atoms with Crippen LogP contribution in [0, 0.1) is 0 Å². The van der Waals surface area contributed by atoms with Gasteiger partial charge in [0.2, 0.25) is 0 Å². The zero-order valence-electron chi connectivity index (χ0n) is 17.7. The van der Waals surface area contributed by atoms with Gasteiger partial charge in [-0.15, -0.1) is 24.8 Å². The van der Waals surface area contributed by atoms with Crippen LogP contribution in [-0.2, 0) is 0 Å². The number of piperazine rings is 1. The summed E-state index contributed by atoms with van der Waals surface area (Å²) in [6.45, 7) is 7.81. The summed E-state index contributed by atoms with van der Waals surface area (Å²) in [6.07, 6.45) is 0. The van der Waals surface area contributed by atoms with Crippen molar-refractivity contribution in [2.45, 2.75) is 22.8 Å². The molecule has 2 aliphatic rings. The minimum Gasteiger partial charge on any atom is -0.369 e. The third-order valence-electron chi connectivity index (χ3n) is 6.04. The molecular weight excluding hydrogens is 445 g/mol. The smallest absolute Gasteiger partial charge is 0.0553 e. The summed E-state index contributed by atoms with van der Waals surface area (Å²) < 4.78 is 0. The number of halogens is 2. The highest BCUT2D eigenvalue weighted by Gasteiger charge is 2.27. The quantitative estimate of drug-likeness (QED) is 0.436. The summed E-state index contributed by atoms with van der Waals surface area (Å²) in [5.74, 6) is 0. The Bertz CT molecular complexity index is 932. The number of rotatable bonds is 4. The molecule has 1 unspecified atom stereocenters. The molecule has 6 heteroatoms. The molecule has 31 heavy (non-hydrogen) atoms. The first-order valence-corrected chi connectivity index (χ1v) is 11.3. The second kappa shape index (κ2) is 10.6. The van der Waals surface area contributed by atoms with Crippen molar-refractivity contribution in [3.8, 4) is 0 Å². The maximum atomic E-state index is 2.65. The van der Waals surface area contributed by atoms with Gasteiger partial charge in [0.1, 0.15) is 0 Å². The molecule has 0 spiro atoms. The minimum absolute atomic E-state index is 0. The van der Waals surface area contributed by atoms with Crippen LogP contribution in [0.5, 0.6) is 0 Å². The van der Waals surface area contributed by atoms with Gasteiger partial charge in [0.25, 0.3) is 0 Å². The summed E-state index contributed by atoms with van der Waals surface area (Å²) in [5, 5.41) is 0. The third-order valence-corrected chi connectivity index (χ3v) is 7.17. The number of anilines is 3. The Morgan fingerprint density at radius 2 is 1.23 bits per heavy atom. The molecule has 0 aliphatic carbocycles. The summed E-state index contributed by atoms with van der Waals surface area (Å²) in [6, 6.07) is 28.9. The summed E-state index contributed by atoms with van der Waals surface area (Å²) in [5.41, 5.74) is 4.02. The highest BCUT2D eigenvalue weighted by atomic mass is 35.5. The van der Waals surface area contributed by atoms with Crippen molar-refractivity contribution < 1.29 is 0 Å². The molecule has 0 bridgehead atoms. The van der Waals surface area contributed by atoms with Gasteiger partial charge >= 0.3 is 0 Å². The van der Waals surface area contributed by atoms with Crippen LogP contribution >= 0.6 is 36.6 Å². The van der Waals surface area contributed by atoms with Crippen molar-refractivity contribution in [2.75, 3.05) is 42.5 Å². The number of para-hydroxylation sites is 3. The lowest BCUT2D eigenvalue weighted by Crippen LogP contribution is -2.52. The first kappa shape index (κ1) is 23.8. The molecule has 0 aromatic heterocycles. The maximum absolute atomic E-state index is 2.65. The molecule has 5 rings (SSSR count). The second-order valence-electron chi connectivity index (χ2n) is 7.86. The lowest BCUT2D eigenvalue weighted by molar-refractivity contribution is 0.201. The van der Waals surface area contributed by atoms with E-state index in [0.717, 1.165) is 32.7 Å². The molecule has 1 saturated heterocycles. The number of fused-ring (bicyclic) bond motifs is 2. The number of benzene rings is 3. The van der Waals surface area contributed by atoms with Crippen LogP contribution in [0.2, 0.25) is 0 Å². The fourth-order valence-corrected chi connectivity index (χ4v) is 5.51. The van der Waals surface area contributed by atoms with E-state index in [2.05, 4.69) is 100 Å². The summed E-state index contributed by atoms with van der Waals surface area (Å²) in [4.78, 5) is 10.4. The normalized spacial score (nSPS) is 16.4. The summed E-state index contributed by atoms with van der Waals surface area (Å²) >= 11 is 1.88. The molecule has 0 saturated carbocycles. The largest absolute Gasteiger partial charge is 0.369 e. The minimum atomic E-state index is 0. The molecule has 1 atom stereocenters. The Morgan fingerprint density at radius 1 is 0.710 bits per heavy atom. The highest BCUT2D eigenvalue weighted by molar-refractivity contribution is 7.99. The molecule has 0 radical (unpaired) electrons. The van der Waals surface area contributed by atoms with E-state index in [4.69, 9.17) is 0 Å². The van der Waals surface area contributed by atoms with Crippen molar-refractivity contribution in [3.05, 3.63) is 78.9 Å². The SMILES string of the molecule is CC(CN1c2ccccc2Sc2ccccc21)N1CCN(c2ccccc2)CC1.Cl.Cl. The molecule has 2 aliphatic heterocycles. The second-order valence-corrected chi connectivity index (χ2v) is 8.94. The van der Waals surface area contributed by atoms with E-state index in [-0.39, 0.29) is 24.8 Å². The van der Waals surface area contributed by atoms with Crippen LogP contribution in [-0.4, -0.2) is 43.7 Å². The fourth-order valence-electron chi connectivity index (χ4n) is 4.42. The van der Waals surface area contributed by atoms with Crippen LogP contribution in [0.25, 0.3) is 0 Å². The maximum Gasteiger partial charge on any atom is 0.0553 e. The molecular formula is C25H29Cl2N3S. The molecule has 3 aromatic carbocycles. The molecule has 2 heterocycles. The van der Waals surface area contributed by atoms with E-state index in [9.17, 15) is 0 Å². The molecule has 1 fully saturated rings. The molecule has 3 aromatic rings. The molecule has 0 N–H and O–H groups in total. The van der Waals surface area contributed by atoms with Crippen molar-refractivity contribution in [3.63, 3.8) is 0 Å². The van der Waals surface area contributed by atoms with E-state index in [0.29, 0.717) is 6.04 Å². The Morgan fingerprint density at radius 3 is 1.81 bits per heavy atom. The van der Waals surface area contributed by atoms with E-state index in [1.54, 1.807) is 0 Å². The lowest BCUT2D eigenvalue weighted by atomic mass is 10.1.